The zero-order valence-corrected chi connectivity index (χ0v) is 11.2. The minimum Gasteiger partial charge on any atom is -0.390 e. The van der Waals surface area contributed by atoms with Gasteiger partial charge in [0.05, 0.1) is 5.60 Å². The second-order valence-electron chi connectivity index (χ2n) is 6.51. The van der Waals surface area contributed by atoms with Crippen molar-refractivity contribution in [3.05, 3.63) is 11.1 Å². The summed E-state index contributed by atoms with van der Waals surface area (Å²) in [6.07, 6.45) is 5.89. The molecule has 0 heterocycles. The first kappa shape index (κ1) is 12.2. The van der Waals surface area contributed by atoms with E-state index in [0.717, 1.165) is 18.8 Å². The lowest BCUT2D eigenvalue weighted by molar-refractivity contribution is -0.0629. The van der Waals surface area contributed by atoms with Gasteiger partial charge in [0.2, 0.25) is 0 Å². The van der Waals surface area contributed by atoms with Gasteiger partial charge in [-0.3, -0.25) is 0 Å². The molecule has 2 aliphatic rings. The van der Waals surface area contributed by atoms with Crippen molar-refractivity contribution < 1.29 is 5.11 Å². The van der Waals surface area contributed by atoms with Crippen LogP contribution >= 0.6 is 0 Å². The molecule has 0 aromatic heterocycles. The smallest absolute Gasteiger partial charge is 0.0656 e. The van der Waals surface area contributed by atoms with E-state index in [-0.39, 0.29) is 0 Å². The Labute approximate surface area is 99.9 Å². The standard InChI is InChI=1S/C15H26O/c1-10(2)12-7-8-15(4,16)14-6-5-11(3)9-13(12)14/h11,13-14,16H,5-9H2,1-4H3/t11-,13-,14+,15-/m0/s1. The van der Waals surface area contributed by atoms with Crippen molar-refractivity contribution in [2.24, 2.45) is 17.8 Å². The molecule has 0 unspecified atom stereocenters. The molecule has 0 radical (unpaired) electrons. The van der Waals surface area contributed by atoms with Gasteiger partial charge in [-0.05, 0) is 64.2 Å². The van der Waals surface area contributed by atoms with Crippen LogP contribution in [-0.2, 0) is 0 Å². The van der Waals surface area contributed by atoms with Gasteiger partial charge < -0.3 is 5.11 Å². The van der Waals surface area contributed by atoms with Crippen molar-refractivity contribution >= 4 is 0 Å². The molecule has 2 aliphatic carbocycles. The van der Waals surface area contributed by atoms with Crippen LogP contribution in [0.1, 0.15) is 59.8 Å². The lowest BCUT2D eigenvalue weighted by atomic mass is 9.59. The number of fused-ring (bicyclic) bond motifs is 1. The molecular weight excluding hydrogens is 196 g/mol. The largest absolute Gasteiger partial charge is 0.390 e. The van der Waals surface area contributed by atoms with E-state index in [4.69, 9.17) is 0 Å². The molecule has 0 saturated heterocycles. The quantitative estimate of drug-likeness (QED) is 0.616. The van der Waals surface area contributed by atoms with Gasteiger partial charge >= 0.3 is 0 Å². The summed E-state index contributed by atoms with van der Waals surface area (Å²) in [5, 5.41) is 10.5. The molecular formula is C15H26O. The SMILES string of the molecule is CC(C)=C1CC[C@](C)(O)[C@@H]2CC[C@H](C)C[C@@H]12. The summed E-state index contributed by atoms with van der Waals surface area (Å²) < 4.78 is 0. The fraction of sp³-hybridized carbons (Fsp3) is 0.867. The fourth-order valence-corrected chi connectivity index (χ4v) is 3.89. The van der Waals surface area contributed by atoms with Crippen LogP contribution < -0.4 is 0 Å². The summed E-state index contributed by atoms with van der Waals surface area (Å²) in [4.78, 5) is 0. The van der Waals surface area contributed by atoms with Crippen LogP contribution in [0, 0.1) is 17.8 Å². The van der Waals surface area contributed by atoms with Crippen molar-refractivity contribution in [2.45, 2.75) is 65.4 Å². The zero-order chi connectivity index (χ0) is 11.9. The first-order valence-electron chi connectivity index (χ1n) is 6.80. The number of rotatable bonds is 0. The van der Waals surface area contributed by atoms with Crippen molar-refractivity contribution in [2.75, 3.05) is 0 Å². The van der Waals surface area contributed by atoms with Gasteiger partial charge in [0.1, 0.15) is 0 Å². The van der Waals surface area contributed by atoms with E-state index < -0.39 is 5.60 Å². The normalized spacial score (nSPS) is 44.1. The highest BCUT2D eigenvalue weighted by atomic mass is 16.3. The van der Waals surface area contributed by atoms with Crippen LogP contribution in [-0.4, -0.2) is 10.7 Å². The molecule has 92 valence electrons. The van der Waals surface area contributed by atoms with Gasteiger partial charge in [-0.15, -0.1) is 0 Å². The molecule has 16 heavy (non-hydrogen) atoms. The Morgan fingerprint density at radius 1 is 1.31 bits per heavy atom. The third-order valence-electron chi connectivity index (χ3n) is 4.90. The van der Waals surface area contributed by atoms with Crippen molar-refractivity contribution in [1.82, 2.24) is 0 Å². The first-order chi connectivity index (χ1) is 7.42. The molecule has 4 atom stereocenters. The predicted molar refractivity (Wildman–Crippen MR) is 68.2 cm³/mol. The molecule has 2 rings (SSSR count). The summed E-state index contributed by atoms with van der Waals surface area (Å²) >= 11 is 0. The van der Waals surface area contributed by atoms with Gasteiger partial charge in [0.15, 0.2) is 0 Å². The maximum absolute atomic E-state index is 10.5. The number of aliphatic hydroxyl groups is 1. The van der Waals surface area contributed by atoms with E-state index in [9.17, 15) is 5.11 Å². The average Bonchev–Trinajstić information content (AvgIpc) is 2.16. The first-order valence-corrected chi connectivity index (χ1v) is 6.80. The van der Waals surface area contributed by atoms with Crippen LogP contribution in [0.5, 0.6) is 0 Å². The molecule has 1 N–H and O–H groups in total. The Morgan fingerprint density at radius 2 is 2.00 bits per heavy atom. The Morgan fingerprint density at radius 3 is 2.62 bits per heavy atom. The van der Waals surface area contributed by atoms with E-state index in [1.807, 2.05) is 0 Å². The Hall–Kier alpha value is -0.300. The summed E-state index contributed by atoms with van der Waals surface area (Å²) in [6.45, 7) is 8.90. The predicted octanol–water partition coefficient (Wildman–Crippen LogP) is 3.92. The monoisotopic (exact) mass is 222 g/mol. The van der Waals surface area contributed by atoms with E-state index in [1.165, 1.54) is 24.8 Å². The highest BCUT2D eigenvalue weighted by molar-refractivity contribution is 5.21. The van der Waals surface area contributed by atoms with E-state index >= 15 is 0 Å². The summed E-state index contributed by atoms with van der Waals surface area (Å²) in [7, 11) is 0. The molecule has 1 nitrogen and oxygen atoms in total. The maximum atomic E-state index is 10.5. The molecule has 0 amide bonds. The van der Waals surface area contributed by atoms with Crippen LogP contribution in [0.25, 0.3) is 0 Å². The van der Waals surface area contributed by atoms with Crippen molar-refractivity contribution in [3.63, 3.8) is 0 Å². The third kappa shape index (κ3) is 2.07. The van der Waals surface area contributed by atoms with Gasteiger partial charge in [-0.25, -0.2) is 0 Å². The van der Waals surface area contributed by atoms with Gasteiger partial charge in [-0.1, -0.05) is 24.5 Å². The molecule has 0 aromatic carbocycles. The second-order valence-corrected chi connectivity index (χ2v) is 6.51. The van der Waals surface area contributed by atoms with Crippen molar-refractivity contribution in [1.29, 1.82) is 0 Å². The molecule has 0 aliphatic heterocycles. The molecule has 2 fully saturated rings. The molecule has 1 heteroatoms. The van der Waals surface area contributed by atoms with Gasteiger partial charge in [0, 0.05) is 0 Å². The van der Waals surface area contributed by atoms with Crippen molar-refractivity contribution in [3.8, 4) is 0 Å². The highest BCUT2D eigenvalue weighted by Crippen LogP contribution is 2.50. The van der Waals surface area contributed by atoms with Gasteiger partial charge in [-0.2, -0.15) is 0 Å². The average molecular weight is 222 g/mol. The molecule has 2 saturated carbocycles. The topological polar surface area (TPSA) is 20.2 Å². The Kier molecular flexibility index (Phi) is 3.18. The van der Waals surface area contributed by atoms with Crippen LogP contribution in [0.15, 0.2) is 11.1 Å². The minimum absolute atomic E-state index is 0.413. The van der Waals surface area contributed by atoms with E-state index in [2.05, 4.69) is 27.7 Å². The van der Waals surface area contributed by atoms with Gasteiger partial charge in [0.25, 0.3) is 0 Å². The highest BCUT2D eigenvalue weighted by Gasteiger charge is 2.45. The summed E-state index contributed by atoms with van der Waals surface area (Å²) in [5.74, 6) is 2.02. The summed E-state index contributed by atoms with van der Waals surface area (Å²) in [5.41, 5.74) is 2.74. The van der Waals surface area contributed by atoms with Crippen LogP contribution in [0.2, 0.25) is 0 Å². The lowest BCUT2D eigenvalue weighted by Gasteiger charge is -2.48. The molecule has 0 aromatic rings. The number of allylic oxidation sites excluding steroid dienone is 2. The maximum Gasteiger partial charge on any atom is 0.0656 e. The van der Waals surface area contributed by atoms with Crippen LogP contribution in [0.4, 0.5) is 0 Å². The molecule has 0 bridgehead atoms. The fourth-order valence-electron chi connectivity index (χ4n) is 3.89. The van der Waals surface area contributed by atoms with Crippen LogP contribution in [0.3, 0.4) is 0 Å². The number of hydrogen-bond acceptors (Lipinski definition) is 1. The lowest BCUT2D eigenvalue weighted by Crippen LogP contribution is -2.46. The summed E-state index contributed by atoms with van der Waals surface area (Å²) in [6, 6.07) is 0. The van der Waals surface area contributed by atoms with E-state index in [1.54, 1.807) is 5.57 Å². The second kappa shape index (κ2) is 4.18. The minimum atomic E-state index is -0.413. The van der Waals surface area contributed by atoms with E-state index in [0.29, 0.717) is 11.8 Å². The third-order valence-corrected chi connectivity index (χ3v) is 4.90. The zero-order valence-electron chi connectivity index (χ0n) is 11.2. The Balaban J connectivity index is 2.29. The number of hydrogen-bond donors (Lipinski definition) is 1. The molecule has 0 spiro atoms. The Bertz CT molecular complexity index is 297.